The highest BCUT2D eigenvalue weighted by Crippen LogP contribution is 2.11. The topological polar surface area (TPSA) is 12.2 Å². The Hall–Kier alpha value is -0.530. The van der Waals surface area contributed by atoms with Crippen molar-refractivity contribution in [3.63, 3.8) is 0 Å². The van der Waals surface area contributed by atoms with Crippen molar-refractivity contribution in [1.29, 1.82) is 0 Å². The van der Waals surface area contributed by atoms with Crippen molar-refractivity contribution in [3.8, 4) is 0 Å². The van der Waals surface area contributed by atoms with Gasteiger partial charge in [0.1, 0.15) is 6.54 Å². The van der Waals surface area contributed by atoms with E-state index in [0.29, 0.717) is 0 Å². The molecule has 0 saturated carbocycles. The lowest BCUT2D eigenvalue weighted by molar-refractivity contribution is -0.518. The molecular formula is C8H14NO+. The van der Waals surface area contributed by atoms with Gasteiger partial charge < -0.3 is 4.74 Å². The first-order chi connectivity index (χ1) is 4.97. The number of nitrogens with zero attached hydrogens (tertiary/aromatic N) is 1. The summed E-state index contributed by atoms with van der Waals surface area (Å²) in [5.41, 5.74) is 0. The largest absolute Gasteiger partial charge is 0.441 e. The van der Waals surface area contributed by atoms with Gasteiger partial charge in [-0.05, 0) is 12.8 Å². The third-order valence-corrected chi connectivity index (χ3v) is 2.30. The van der Waals surface area contributed by atoms with E-state index >= 15 is 0 Å². The Labute approximate surface area is 61.5 Å². The van der Waals surface area contributed by atoms with Gasteiger partial charge in [0.15, 0.2) is 13.2 Å². The number of hydrogen-bond acceptors (Lipinski definition) is 1. The second kappa shape index (κ2) is 2.60. The van der Waals surface area contributed by atoms with E-state index in [-0.39, 0.29) is 0 Å². The zero-order chi connectivity index (χ0) is 6.81. The molecule has 56 valence electrons. The molecule has 0 amide bonds. The van der Waals surface area contributed by atoms with Gasteiger partial charge in [-0.2, -0.15) is 4.58 Å². The molecule has 2 aliphatic heterocycles. The summed E-state index contributed by atoms with van der Waals surface area (Å²) in [6.45, 7) is 3.29. The van der Waals surface area contributed by atoms with Gasteiger partial charge in [0.05, 0.1) is 6.42 Å². The predicted molar refractivity (Wildman–Crippen MR) is 39.4 cm³/mol. The van der Waals surface area contributed by atoms with Gasteiger partial charge >= 0.3 is 5.90 Å². The Morgan fingerprint density at radius 3 is 3.10 bits per heavy atom. The Morgan fingerprint density at radius 1 is 1.10 bits per heavy atom. The maximum atomic E-state index is 5.48. The van der Waals surface area contributed by atoms with Crippen molar-refractivity contribution in [1.82, 2.24) is 0 Å². The molecule has 0 aromatic carbocycles. The molecule has 0 aromatic rings. The van der Waals surface area contributed by atoms with E-state index in [0.717, 1.165) is 13.2 Å². The van der Waals surface area contributed by atoms with E-state index in [1.165, 1.54) is 38.1 Å². The minimum absolute atomic E-state index is 0.926. The quantitative estimate of drug-likeness (QED) is 0.457. The smallest absolute Gasteiger partial charge is 0.336 e. The molecule has 2 rings (SSSR count). The highest BCUT2D eigenvalue weighted by molar-refractivity contribution is 5.71. The van der Waals surface area contributed by atoms with Crippen LogP contribution < -0.4 is 0 Å². The monoisotopic (exact) mass is 140 g/mol. The summed E-state index contributed by atoms with van der Waals surface area (Å²) < 4.78 is 7.88. The molecule has 0 N–H and O–H groups in total. The van der Waals surface area contributed by atoms with Crippen LogP contribution in [0.3, 0.4) is 0 Å². The average Bonchev–Trinajstić information content (AvgIpc) is 2.28. The summed E-state index contributed by atoms with van der Waals surface area (Å²) in [6.07, 6.45) is 5.24. The van der Waals surface area contributed by atoms with Gasteiger partial charge in [-0.1, -0.05) is 0 Å². The molecule has 2 nitrogen and oxygen atoms in total. The van der Waals surface area contributed by atoms with Crippen LogP contribution in [0.5, 0.6) is 0 Å². The summed E-state index contributed by atoms with van der Waals surface area (Å²) in [5, 5.41) is 0. The summed E-state index contributed by atoms with van der Waals surface area (Å²) in [4.78, 5) is 0. The molecule has 2 heterocycles. The third-order valence-electron chi connectivity index (χ3n) is 2.30. The van der Waals surface area contributed by atoms with Crippen molar-refractivity contribution in [3.05, 3.63) is 0 Å². The minimum Gasteiger partial charge on any atom is -0.441 e. The second-order valence-electron chi connectivity index (χ2n) is 3.04. The van der Waals surface area contributed by atoms with E-state index in [2.05, 4.69) is 4.58 Å². The van der Waals surface area contributed by atoms with Gasteiger partial charge in [0.25, 0.3) is 0 Å². The van der Waals surface area contributed by atoms with Crippen LogP contribution in [0.1, 0.15) is 25.7 Å². The maximum absolute atomic E-state index is 5.48. The molecule has 10 heavy (non-hydrogen) atoms. The van der Waals surface area contributed by atoms with E-state index in [1.807, 2.05) is 0 Å². The fourth-order valence-corrected chi connectivity index (χ4v) is 1.71. The first-order valence-corrected chi connectivity index (χ1v) is 4.20. The van der Waals surface area contributed by atoms with E-state index in [9.17, 15) is 0 Å². The summed E-state index contributed by atoms with van der Waals surface area (Å²) in [6, 6.07) is 0. The van der Waals surface area contributed by atoms with E-state index in [4.69, 9.17) is 4.74 Å². The van der Waals surface area contributed by atoms with Crippen LogP contribution in [0.4, 0.5) is 0 Å². The van der Waals surface area contributed by atoms with Crippen LogP contribution >= 0.6 is 0 Å². The molecule has 2 heteroatoms. The van der Waals surface area contributed by atoms with E-state index in [1.54, 1.807) is 0 Å². The summed E-state index contributed by atoms with van der Waals surface area (Å²) in [5.74, 6) is 1.26. The number of hydrogen-bond donors (Lipinski definition) is 0. The molecule has 0 saturated heterocycles. The van der Waals surface area contributed by atoms with Crippen molar-refractivity contribution >= 4 is 5.90 Å². The first kappa shape index (κ1) is 6.20. The Balaban J connectivity index is 2.10. The minimum atomic E-state index is 0.926. The fraction of sp³-hybridized carbons (Fsp3) is 0.875. The molecule has 0 unspecified atom stereocenters. The molecule has 0 aromatic heterocycles. The van der Waals surface area contributed by atoms with Crippen LogP contribution in [0, 0.1) is 0 Å². The van der Waals surface area contributed by atoms with Gasteiger partial charge in [0.2, 0.25) is 0 Å². The molecular weight excluding hydrogens is 126 g/mol. The van der Waals surface area contributed by atoms with Crippen molar-refractivity contribution in [2.75, 3.05) is 19.7 Å². The predicted octanol–water partition coefficient (Wildman–Crippen LogP) is 1.00. The average molecular weight is 140 g/mol. The van der Waals surface area contributed by atoms with Crippen LogP contribution in [0.25, 0.3) is 0 Å². The highest BCUT2D eigenvalue weighted by Gasteiger charge is 2.24. The zero-order valence-corrected chi connectivity index (χ0v) is 6.31. The van der Waals surface area contributed by atoms with Gasteiger partial charge in [-0.3, -0.25) is 0 Å². The molecule has 0 fully saturated rings. The van der Waals surface area contributed by atoms with Gasteiger partial charge in [-0.25, -0.2) is 0 Å². The van der Waals surface area contributed by atoms with Crippen LogP contribution in [-0.4, -0.2) is 30.2 Å². The molecule has 0 aliphatic carbocycles. The van der Waals surface area contributed by atoms with Gasteiger partial charge in [0, 0.05) is 6.42 Å². The lowest BCUT2D eigenvalue weighted by atomic mass is 10.2. The van der Waals surface area contributed by atoms with Crippen LogP contribution in [0.2, 0.25) is 0 Å². The molecule has 0 spiro atoms. The number of rotatable bonds is 0. The van der Waals surface area contributed by atoms with E-state index < -0.39 is 0 Å². The fourth-order valence-electron chi connectivity index (χ4n) is 1.71. The van der Waals surface area contributed by atoms with Crippen LogP contribution in [0.15, 0.2) is 0 Å². The molecule has 0 atom stereocenters. The summed E-state index contributed by atoms with van der Waals surface area (Å²) in [7, 11) is 0. The van der Waals surface area contributed by atoms with Crippen molar-refractivity contribution in [2.45, 2.75) is 25.7 Å². The van der Waals surface area contributed by atoms with Crippen molar-refractivity contribution in [2.24, 2.45) is 0 Å². The molecule has 0 bridgehead atoms. The maximum Gasteiger partial charge on any atom is 0.336 e. The van der Waals surface area contributed by atoms with Crippen molar-refractivity contribution < 1.29 is 9.31 Å². The summed E-state index contributed by atoms with van der Waals surface area (Å²) >= 11 is 0. The Bertz CT molecular complexity index is 147. The molecule has 0 radical (unpaired) electrons. The lowest BCUT2D eigenvalue weighted by Crippen LogP contribution is -2.14. The standard InChI is InChI=1S/C8H14NO/c1-2-4-8-9(5-3-1)6-7-10-8/h1-7H2/q+1. The third kappa shape index (κ3) is 1.02. The normalized spacial score (nSPS) is 25.6. The number of ether oxygens (including phenoxy) is 1. The Morgan fingerprint density at radius 2 is 2.10 bits per heavy atom. The van der Waals surface area contributed by atoms with Gasteiger partial charge in [-0.15, -0.1) is 0 Å². The first-order valence-electron chi connectivity index (χ1n) is 4.20. The molecule has 2 aliphatic rings. The Kier molecular flexibility index (Phi) is 1.61. The second-order valence-corrected chi connectivity index (χ2v) is 3.04. The SMILES string of the molecule is C1CCC2=[N+](CC1)CCO2. The zero-order valence-electron chi connectivity index (χ0n) is 6.31. The lowest BCUT2D eigenvalue weighted by Gasteiger charge is -1.91. The highest BCUT2D eigenvalue weighted by atomic mass is 16.5. The van der Waals surface area contributed by atoms with Crippen LogP contribution in [-0.2, 0) is 4.74 Å².